The van der Waals surface area contributed by atoms with Gasteiger partial charge in [-0.15, -0.1) is 0 Å². The first-order valence-corrected chi connectivity index (χ1v) is 8.66. The van der Waals surface area contributed by atoms with E-state index in [-0.39, 0.29) is 0 Å². The van der Waals surface area contributed by atoms with Crippen molar-refractivity contribution < 1.29 is 0 Å². The molecule has 2 heterocycles. The van der Waals surface area contributed by atoms with Crippen LogP contribution in [0, 0.1) is 6.92 Å². The van der Waals surface area contributed by atoms with E-state index in [0.717, 1.165) is 37.3 Å². The average Bonchev–Trinajstić information content (AvgIpc) is 3.41. The molecule has 1 saturated heterocycles. The molecule has 2 aliphatic rings. The summed E-state index contributed by atoms with van der Waals surface area (Å²) in [5.41, 5.74) is 10.9. The second-order valence-corrected chi connectivity index (χ2v) is 6.88. The molecular formula is C19H24N4. The van der Waals surface area contributed by atoms with Crippen LogP contribution in [0.2, 0.25) is 0 Å². The van der Waals surface area contributed by atoms with Crippen LogP contribution in [0.25, 0.3) is 11.4 Å². The number of rotatable bonds is 3. The largest absolute Gasteiger partial charge is 0.369 e. The molecule has 23 heavy (non-hydrogen) atoms. The summed E-state index contributed by atoms with van der Waals surface area (Å²) in [6, 6.07) is 8.70. The van der Waals surface area contributed by atoms with Gasteiger partial charge in [-0.25, -0.2) is 9.97 Å². The molecule has 1 aromatic carbocycles. The number of hydrogen-bond acceptors (Lipinski definition) is 4. The van der Waals surface area contributed by atoms with E-state index in [1.54, 1.807) is 0 Å². The maximum absolute atomic E-state index is 6.04. The van der Waals surface area contributed by atoms with Crippen LogP contribution >= 0.6 is 0 Å². The van der Waals surface area contributed by atoms with Gasteiger partial charge < -0.3 is 10.6 Å². The molecule has 0 unspecified atom stereocenters. The van der Waals surface area contributed by atoms with Gasteiger partial charge in [-0.2, -0.15) is 0 Å². The van der Waals surface area contributed by atoms with Crippen molar-refractivity contribution in [3.63, 3.8) is 0 Å². The zero-order valence-electron chi connectivity index (χ0n) is 13.7. The standard InChI is InChI=1S/C19H24N4/c1-13-4-2-3-5-16(13)19-21-12-17(18(22-19)14-6-7-14)23-10-8-15(20)9-11-23/h2-5,12,14-15H,6-11,20H2,1H3. The zero-order chi connectivity index (χ0) is 15.8. The monoisotopic (exact) mass is 308 g/mol. The molecule has 0 spiro atoms. The van der Waals surface area contributed by atoms with Crippen molar-refractivity contribution in [2.24, 2.45) is 5.73 Å². The van der Waals surface area contributed by atoms with E-state index in [1.807, 2.05) is 6.20 Å². The third-order valence-electron chi connectivity index (χ3n) is 5.03. The molecule has 1 aliphatic heterocycles. The highest BCUT2D eigenvalue weighted by atomic mass is 15.2. The first kappa shape index (κ1) is 14.6. The fourth-order valence-corrected chi connectivity index (χ4v) is 3.38. The molecule has 0 bridgehead atoms. The molecule has 4 rings (SSSR count). The first-order valence-electron chi connectivity index (χ1n) is 8.66. The third-order valence-corrected chi connectivity index (χ3v) is 5.03. The fraction of sp³-hybridized carbons (Fsp3) is 0.474. The molecule has 2 fully saturated rings. The number of hydrogen-bond donors (Lipinski definition) is 1. The van der Waals surface area contributed by atoms with Crippen molar-refractivity contribution in [3.05, 3.63) is 41.7 Å². The Morgan fingerprint density at radius 1 is 1.09 bits per heavy atom. The third kappa shape index (κ3) is 2.95. The Hall–Kier alpha value is -1.94. The number of aryl methyl sites for hydroxylation is 1. The van der Waals surface area contributed by atoms with Gasteiger partial charge in [-0.05, 0) is 38.2 Å². The van der Waals surface area contributed by atoms with Crippen LogP contribution in [0.15, 0.2) is 30.5 Å². The summed E-state index contributed by atoms with van der Waals surface area (Å²) in [5, 5.41) is 0. The highest BCUT2D eigenvalue weighted by Crippen LogP contribution is 2.44. The van der Waals surface area contributed by atoms with E-state index in [1.165, 1.54) is 29.8 Å². The molecule has 120 valence electrons. The maximum atomic E-state index is 6.04. The summed E-state index contributed by atoms with van der Waals surface area (Å²) in [5.74, 6) is 1.48. The van der Waals surface area contributed by atoms with E-state index in [2.05, 4.69) is 36.1 Å². The first-order chi connectivity index (χ1) is 11.2. The summed E-state index contributed by atoms with van der Waals surface area (Å²) >= 11 is 0. The van der Waals surface area contributed by atoms with Gasteiger partial charge in [0.05, 0.1) is 17.6 Å². The summed E-state index contributed by atoms with van der Waals surface area (Å²) in [4.78, 5) is 12.1. The zero-order valence-corrected chi connectivity index (χ0v) is 13.7. The molecule has 0 radical (unpaired) electrons. The summed E-state index contributed by atoms with van der Waals surface area (Å²) in [7, 11) is 0. The van der Waals surface area contributed by atoms with Crippen molar-refractivity contribution >= 4 is 5.69 Å². The molecule has 1 saturated carbocycles. The van der Waals surface area contributed by atoms with Crippen molar-refractivity contribution in [1.29, 1.82) is 0 Å². The Morgan fingerprint density at radius 3 is 2.52 bits per heavy atom. The highest BCUT2D eigenvalue weighted by molar-refractivity contribution is 5.63. The Morgan fingerprint density at radius 2 is 1.83 bits per heavy atom. The molecule has 4 heteroatoms. The van der Waals surface area contributed by atoms with Crippen LogP contribution < -0.4 is 10.6 Å². The number of nitrogens with zero attached hydrogens (tertiary/aromatic N) is 3. The lowest BCUT2D eigenvalue weighted by Gasteiger charge is -2.33. The molecule has 0 atom stereocenters. The lowest BCUT2D eigenvalue weighted by molar-refractivity contribution is 0.499. The average molecular weight is 308 g/mol. The quantitative estimate of drug-likeness (QED) is 0.945. The van der Waals surface area contributed by atoms with Gasteiger partial charge in [0.1, 0.15) is 0 Å². The fourth-order valence-electron chi connectivity index (χ4n) is 3.38. The van der Waals surface area contributed by atoms with Gasteiger partial charge in [0, 0.05) is 30.6 Å². The van der Waals surface area contributed by atoms with Crippen LogP contribution in [0.1, 0.15) is 42.9 Å². The van der Waals surface area contributed by atoms with Crippen LogP contribution in [0.3, 0.4) is 0 Å². The molecular weight excluding hydrogens is 284 g/mol. The van der Waals surface area contributed by atoms with E-state index >= 15 is 0 Å². The lowest BCUT2D eigenvalue weighted by atomic mass is 10.0. The molecule has 1 aromatic heterocycles. The Bertz CT molecular complexity index is 700. The Labute approximate surface area is 137 Å². The van der Waals surface area contributed by atoms with Gasteiger partial charge in [-0.3, -0.25) is 0 Å². The predicted molar refractivity (Wildman–Crippen MR) is 93.6 cm³/mol. The number of piperidine rings is 1. The highest BCUT2D eigenvalue weighted by Gasteiger charge is 2.31. The summed E-state index contributed by atoms with van der Waals surface area (Å²) in [6.07, 6.45) is 6.67. The minimum atomic E-state index is 0.350. The second-order valence-electron chi connectivity index (χ2n) is 6.88. The van der Waals surface area contributed by atoms with E-state index in [4.69, 9.17) is 15.7 Å². The minimum Gasteiger partial charge on any atom is -0.369 e. The Kier molecular flexibility index (Phi) is 3.77. The van der Waals surface area contributed by atoms with Crippen LogP contribution in [-0.2, 0) is 0 Å². The molecule has 4 nitrogen and oxygen atoms in total. The van der Waals surface area contributed by atoms with Crippen molar-refractivity contribution in [1.82, 2.24) is 9.97 Å². The van der Waals surface area contributed by atoms with Crippen LogP contribution in [0.4, 0.5) is 5.69 Å². The molecule has 1 aliphatic carbocycles. The predicted octanol–water partition coefficient (Wildman–Crippen LogP) is 3.26. The number of anilines is 1. The van der Waals surface area contributed by atoms with E-state index in [0.29, 0.717) is 12.0 Å². The summed E-state index contributed by atoms with van der Waals surface area (Å²) in [6.45, 7) is 4.16. The molecule has 2 aromatic rings. The van der Waals surface area contributed by atoms with E-state index in [9.17, 15) is 0 Å². The number of benzene rings is 1. The topological polar surface area (TPSA) is 55.0 Å². The smallest absolute Gasteiger partial charge is 0.159 e. The van der Waals surface area contributed by atoms with Gasteiger partial charge in [-0.1, -0.05) is 24.3 Å². The van der Waals surface area contributed by atoms with Crippen molar-refractivity contribution in [3.8, 4) is 11.4 Å². The second kappa shape index (κ2) is 5.93. The van der Waals surface area contributed by atoms with E-state index < -0.39 is 0 Å². The Balaban J connectivity index is 1.70. The van der Waals surface area contributed by atoms with Crippen LogP contribution in [0.5, 0.6) is 0 Å². The van der Waals surface area contributed by atoms with Gasteiger partial charge in [0.2, 0.25) is 0 Å². The summed E-state index contributed by atoms with van der Waals surface area (Å²) < 4.78 is 0. The lowest BCUT2D eigenvalue weighted by Crippen LogP contribution is -2.40. The SMILES string of the molecule is Cc1ccccc1-c1ncc(N2CCC(N)CC2)c(C2CC2)n1. The van der Waals surface area contributed by atoms with Gasteiger partial charge >= 0.3 is 0 Å². The van der Waals surface area contributed by atoms with Gasteiger partial charge in [0.25, 0.3) is 0 Å². The molecule has 2 N–H and O–H groups in total. The minimum absolute atomic E-state index is 0.350. The van der Waals surface area contributed by atoms with Crippen molar-refractivity contribution in [2.45, 2.75) is 44.6 Å². The maximum Gasteiger partial charge on any atom is 0.159 e. The van der Waals surface area contributed by atoms with Crippen LogP contribution in [-0.4, -0.2) is 29.1 Å². The normalized spacial score (nSPS) is 19.1. The van der Waals surface area contributed by atoms with Crippen molar-refractivity contribution in [2.75, 3.05) is 18.0 Å². The number of nitrogens with two attached hydrogens (primary N) is 1. The number of aromatic nitrogens is 2. The van der Waals surface area contributed by atoms with Gasteiger partial charge in [0.15, 0.2) is 5.82 Å². The molecule has 0 amide bonds.